The summed E-state index contributed by atoms with van der Waals surface area (Å²) in [6.07, 6.45) is 1.89. The fourth-order valence-electron chi connectivity index (χ4n) is 2.02. The fourth-order valence-corrected chi connectivity index (χ4v) is 2.55. The number of nitro benzene ring substituents is 1. The van der Waals surface area contributed by atoms with E-state index in [0.717, 1.165) is 18.9 Å². The Morgan fingerprint density at radius 2 is 2.25 bits per heavy atom. The molecule has 20 heavy (non-hydrogen) atoms. The van der Waals surface area contributed by atoms with Gasteiger partial charge in [-0.1, -0.05) is 0 Å². The van der Waals surface area contributed by atoms with Crippen molar-refractivity contribution in [3.8, 4) is 0 Å². The number of nitrogens with one attached hydrogen (secondary N) is 1. The second-order valence-corrected chi connectivity index (χ2v) is 6.06. The number of nitrogens with zero attached hydrogens (tertiary/aromatic N) is 1. The Labute approximate surface area is 116 Å². The molecule has 110 valence electrons. The molecule has 0 bridgehead atoms. The second kappa shape index (κ2) is 5.73. The summed E-state index contributed by atoms with van der Waals surface area (Å²) in [6, 6.07) is 3.53. The summed E-state index contributed by atoms with van der Waals surface area (Å²) >= 11 is 0. The second-order valence-electron chi connectivity index (χ2n) is 4.50. The number of hydrogen-bond acceptors (Lipinski definition) is 6. The first kappa shape index (κ1) is 14.7. The highest BCUT2D eigenvalue weighted by Gasteiger charge is 2.21. The van der Waals surface area contributed by atoms with Crippen molar-refractivity contribution in [3.63, 3.8) is 0 Å². The van der Waals surface area contributed by atoms with Crippen molar-refractivity contribution >= 4 is 21.4 Å². The minimum atomic E-state index is -3.96. The molecule has 0 unspecified atom stereocenters. The van der Waals surface area contributed by atoms with E-state index >= 15 is 0 Å². The summed E-state index contributed by atoms with van der Waals surface area (Å²) in [5.74, 6) is 0. The molecule has 3 N–H and O–H groups in total. The zero-order chi connectivity index (χ0) is 14.8. The fraction of sp³-hybridized carbons (Fsp3) is 0.455. The Kier molecular flexibility index (Phi) is 4.21. The molecule has 1 saturated heterocycles. The first-order valence-electron chi connectivity index (χ1n) is 6.04. The van der Waals surface area contributed by atoms with E-state index in [2.05, 4.69) is 5.32 Å². The lowest BCUT2D eigenvalue weighted by Gasteiger charge is -2.12. The van der Waals surface area contributed by atoms with Crippen LogP contribution in [-0.4, -0.2) is 32.6 Å². The minimum Gasteiger partial charge on any atom is -0.377 e. The van der Waals surface area contributed by atoms with Crippen LogP contribution >= 0.6 is 0 Å². The van der Waals surface area contributed by atoms with E-state index in [-0.39, 0.29) is 22.4 Å². The molecule has 0 radical (unpaired) electrons. The summed E-state index contributed by atoms with van der Waals surface area (Å²) in [7, 11) is -3.96. The largest absolute Gasteiger partial charge is 0.377 e. The number of anilines is 1. The van der Waals surface area contributed by atoms with Crippen molar-refractivity contribution in [1.82, 2.24) is 0 Å². The van der Waals surface area contributed by atoms with Crippen molar-refractivity contribution in [3.05, 3.63) is 28.3 Å². The number of ether oxygens (including phenoxy) is 1. The van der Waals surface area contributed by atoms with Crippen molar-refractivity contribution in [2.24, 2.45) is 5.14 Å². The SMILES string of the molecule is NS(=O)(=O)c1ccc(NC[C@@H]2CCCO2)c([N+](=O)[O-])c1. The van der Waals surface area contributed by atoms with E-state index in [9.17, 15) is 18.5 Å². The topological polar surface area (TPSA) is 125 Å². The zero-order valence-corrected chi connectivity index (χ0v) is 11.4. The Hall–Kier alpha value is -1.71. The van der Waals surface area contributed by atoms with E-state index in [4.69, 9.17) is 9.88 Å². The maximum absolute atomic E-state index is 11.2. The third-order valence-electron chi connectivity index (χ3n) is 3.04. The van der Waals surface area contributed by atoms with Gasteiger partial charge in [0.1, 0.15) is 5.69 Å². The molecule has 1 aromatic rings. The maximum atomic E-state index is 11.2. The predicted molar refractivity (Wildman–Crippen MR) is 71.9 cm³/mol. The van der Waals surface area contributed by atoms with E-state index < -0.39 is 14.9 Å². The Bertz CT molecular complexity index is 610. The van der Waals surface area contributed by atoms with Gasteiger partial charge in [0.15, 0.2) is 0 Å². The number of nitro groups is 1. The van der Waals surface area contributed by atoms with E-state index in [1.807, 2.05) is 0 Å². The molecule has 1 fully saturated rings. The number of nitrogens with two attached hydrogens (primary N) is 1. The molecule has 1 aromatic carbocycles. The number of benzene rings is 1. The average Bonchev–Trinajstić information content (AvgIpc) is 2.88. The molecular weight excluding hydrogens is 286 g/mol. The molecule has 8 nitrogen and oxygen atoms in total. The quantitative estimate of drug-likeness (QED) is 0.613. The number of hydrogen-bond donors (Lipinski definition) is 2. The van der Waals surface area contributed by atoms with Crippen LogP contribution in [0.1, 0.15) is 12.8 Å². The third-order valence-corrected chi connectivity index (χ3v) is 3.95. The highest BCUT2D eigenvalue weighted by Crippen LogP contribution is 2.27. The predicted octanol–water partition coefficient (Wildman–Crippen LogP) is 0.833. The smallest absolute Gasteiger partial charge is 0.293 e. The van der Waals surface area contributed by atoms with Gasteiger partial charge >= 0.3 is 0 Å². The summed E-state index contributed by atoms with van der Waals surface area (Å²) in [6.45, 7) is 1.13. The van der Waals surface area contributed by atoms with Crippen LogP contribution in [0.25, 0.3) is 0 Å². The van der Waals surface area contributed by atoms with E-state index in [0.29, 0.717) is 13.2 Å². The molecule has 1 aliphatic rings. The van der Waals surface area contributed by atoms with Gasteiger partial charge in [-0.05, 0) is 25.0 Å². The first-order valence-corrected chi connectivity index (χ1v) is 7.59. The van der Waals surface area contributed by atoms with Crippen LogP contribution in [0.5, 0.6) is 0 Å². The number of rotatable bonds is 5. The Morgan fingerprint density at radius 1 is 1.50 bits per heavy atom. The van der Waals surface area contributed by atoms with Crippen LogP contribution in [0.15, 0.2) is 23.1 Å². The molecule has 0 saturated carbocycles. The number of primary sulfonamides is 1. The van der Waals surface area contributed by atoms with Crippen molar-refractivity contribution in [2.45, 2.75) is 23.8 Å². The lowest BCUT2D eigenvalue weighted by Crippen LogP contribution is -2.19. The molecule has 0 amide bonds. The molecule has 1 aliphatic heterocycles. The van der Waals surface area contributed by atoms with Crippen LogP contribution in [0.2, 0.25) is 0 Å². The Morgan fingerprint density at radius 3 is 2.80 bits per heavy atom. The lowest BCUT2D eigenvalue weighted by atomic mass is 10.2. The molecule has 1 heterocycles. The minimum absolute atomic E-state index is 0.0209. The molecule has 0 aromatic heterocycles. The van der Waals surface area contributed by atoms with Gasteiger partial charge in [0, 0.05) is 19.2 Å². The molecular formula is C11H15N3O5S. The summed E-state index contributed by atoms with van der Waals surface area (Å²) < 4.78 is 27.8. The van der Waals surface area contributed by atoms with Gasteiger partial charge in [0.25, 0.3) is 5.69 Å². The first-order chi connectivity index (χ1) is 9.38. The highest BCUT2D eigenvalue weighted by molar-refractivity contribution is 7.89. The van der Waals surface area contributed by atoms with Crippen LogP contribution in [0, 0.1) is 10.1 Å². The van der Waals surface area contributed by atoms with Crippen molar-refractivity contribution in [1.29, 1.82) is 0 Å². The van der Waals surface area contributed by atoms with E-state index in [1.54, 1.807) is 0 Å². The normalized spacial score (nSPS) is 18.9. The van der Waals surface area contributed by atoms with Gasteiger partial charge < -0.3 is 10.1 Å². The van der Waals surface area contributed by atoms with Crippen molar-refractivity contribution < 1.29 is 18.1 Å². The van der Waals surface area contributed by atoms with Crippen LogP contribution in [0.3, 0.4) is 0 Å². The standard InChI is InChI=1S/C11H15N3O5S/c12-20(17,18)9-3-4-10(11(6-9)14(15)16)13-7-8-2-1-5-19-8/h3-4,6,8,13H,1-2,5,7H2,(H2,12,17,18)/t8-/m0/s1. The summed E-state index contributed by atoms with van der Waals surface area (Å²) in [5, 5.41) is 18.9. The highest BCUT2D eigenvalue weighted by atomic mass is 32.2. The maximum Gasteiger partial charge on any atom is 0.293 e. The van der Waals surface area contributed by atoms with Crippen LogP contribution in [-0.2, 0) is 14.8 Å². The van der Waals surface area contributed by atoms with Gasteiger partial charge in [-0.2, -0.15) is 0 Å². The molecule has 9 heteroatoms. The number of sulfonamides is 1. The van der Waals surface area contributed by atoms with E-state index in [1.165, 1.54) is 12.1 Å². The summed E-state index contributed by atoms with van der Waals surface area (Å²) in [5.41, 5.74) is -0.0765. The zero-order valence-electron chi connectivity index (χ0n) is 10.6. The van der Waals surface area contributed by atoms with Gasteiger partial charge in [0.2, 0.25) is 10.0 Å². The summed E-state index contributed by atoms with van der Waals surface area (Å²) in [4.78, 5) is 10.1. The Balaban J connectivity index is 2.21. The third kappa shape index (κ3) is 3.44. The van der Waals surface area contributed by atoms with Gasteiger partial charge in [-0.3, -0.25) is 10.1 Å². The molecule has 0 spiro atoms. The molecule has 2 rings (SSSR count). The van der Waals surface area contributed by atoms with Crippen LogP contribution < -0.4 is 10.5 Å². The van der Waals surface area contributed by atoms with Crippen molar-refractivity contribution in [2.75, 3.05) is 18.5 Å². The van der Waals surface area contributed by atoms with Gasteiger partial charge in [-0.25, -0.2) is 13.6 Å². The van der Waals surface area contributed by atoms with Gasteiger partial charge in [-0.15, -0.1) is 0 Å². The monoisotopic (exact) mass is 301 g/mol. The molecule has 0 aliphatic carbocycles. The molecule has 1 atom stereocenters. The average molecular weight is 301 g/mol. The van der Waals surface area contributed by atoms with Gasteiger partial charge in [0.05, 0.1) is 15.9 Å². The van der Waals surface area contributed by atoms with Crippen LogP contribution in [0.4, 0.5) is 11.4 Å². The lowest BCUT2D eigenvalue weighted by molar-refractivity contribution is -0.384.